The molecular formula is C23H19ClO4. The Kier molecular flexibility index (Phi) is 6.45. The number of carbonyl (C=O) groups excluding carboxylic acids is 2. The maximum Gasteiger partial charge on any atom is 0.310 e. The molecule has 4 nitrogen and oxygen atoms in total. The van der Waals surface area contributed by atoms with Gasteiger partial charge in [0.05, 0.1) is 13.0 Å². The molecule has 0 aliphatic rings. The van der Waals surface area contributed by atoms with Crippen molar-refractivity contribution in [2.75, 3.05) is 6.61 Å². The number of benzene rings is 3. The van der Waals surface area contributed by atoms with Gasteiger partial charge in [-0.05, 0) is 61.5 Å². The zero-order chi connectivity index (χ0) is 19.9. The Hall–Kier alpha value is -3.11. The molecule has 5 heteroatoms. The fourth-order valence-corrected chi connectivity index (χ4v) is 2.81. The molecule has 0 radical (unpaired) electrons. The van der Waals surface area contributed by atoms with Crippen molar-refractivity contribution in [2.45, 2.75) is 13.3 Å². The molecule has 0 atom stereocenters. The van der Waals surface area contributed by atoms with E-state index in [0.29, 0.717) is 34.3 Å². The predicted molar refractivity (Wildman–Crippen MR) is 108 cm³/mol. The summed E-state index contributed by atoms with van der Waals surface area (Å²) in [5.74, 6) is 0.754. The summed E-state index contributed by atoms with van der Waals surface area (Å²) in [6.07, 6.45) is 0.136. The van der Waals surface area contributed by atoms with E-state index in [1.54, 1.807) is 61.5 Å². The standard InChI is InChI=1S/C23H19ClO4/c1-2-27-22(25)15-18-5-3-4-6-21(18)28-20-13-9-17(10-14-20)23(26)16-7-11-19(24)12-8-16/h3-14H,2,15H2,1H3. The van der Waals surface area contributed by atoms with Crippen LogP contribution in [0.3, 0.4) is 0 Å². The molecular weight excluding hydrogens is 376 g/mol. The van der Waals surface area contributed by atoms with E-state index in [2.05, 4.69) is 0 Å². The van der Waals surface area contributed by atoms with Gasteiger partial charge in [0.25, 0.3) is 0 Å². The fourth-order valence-electron chi connectivity index (χ4n) is 2.69. The number of para-hydroxylation sites is 1. The SMILES string of the molecule is CCOC(=O)Cc1ccccc1Oc1ccc(C(=O)c2ccc(Cl)cc2)cc1. The van der Waals surface area contributed by atoms with E-state index in [1.165, 1.54) is 0 Å². The number of hydrogen-bond donors (Lipinski definition) is 0. The third-order valence-corrected chi connectivity index (χ3v) is 4.32. The topological polar surface area (TPSA) is 52.6 Å². The summed E-state index contributed by atoms with van der Waals surface area (Å²) in [7, 11) is 0. The van der Waals surface area contributed by atoms with E-state index in [0.717, 1.165) is 5.56 Å². The van der Waals surface area contributed by atoms with Gasteiger partial charge in [0.1, 0.15) is 11.5 Å². The number of rotatable bonds is 7. The highest BCUT2D eigenvalue weighted by atomic mass is 35.5. The van der Waals surface area contributed by atoms with Crippen LogP contribution >= 0.6 is 11.6 Å². The summed E-state index contributed by atoms with van der Waals surface area (Å²) in [5.41, 5.74) is 1.86. The third-order valence-electron chi connectivity index (χ3n) is 4.06. The molecule has 0 spiro atoms. The lowest BCUT2D eigenvalue weighted by molar-refractivity contribution is -0.142. The van der Waals surface area contributed by atoms with Gasteiger partial charge in [-0.2, -0.15) is 0 Å². The van der Waals surface area contributed by atoms with Crippen LogP contribution in [-0.4, -0.2) is 18.4 Å². The number of halogens is 1. The molecule has 28 heavy (non-hydrogen) atoms. The first kappa shape index (κ1) is 19.6. The van der Waals surface area contributed by atoms with Gasteiger partial charge in [-0.25, -0.2) is 0 Å². The second-order valence-electron chi connectivity index (χ2n) is 6.05. The summed E-state index contributed by atoms with van der Waals surface area (Å²) in [4.78, 5) is 24.3. The molecule has 0 aliphatic carbocycles. The average Bonchev–Trinajstić information content (AvgIpc) is 2.70. The minimum Gasteiger partial charge on any atom is -0.466 e. The Bertz CT molecular complexity index is 963. The second-order valence-corrected chi connectivity index (χ2v) is 6.49. The molecule has 3 aromatic carbocycles. The van der Waals surface area contributed by atoms with Crippen LogP contribution in [-0.2, 0) is 16.0 Å². The molecule has 0 unspecified atom stereocenters. The van der Waals surface area contributed by atoms with Crippen LogP contribution in [0.25, 0.3) is 0 Å². The van der Waals surface area contributed by atoms with E-state index in [4.69, 9.17) is 21.1 Å². The van der Waals surface area contributed by atoms with Gasteiger partial charge >= 0.3 is 5.97 Å². The van der Waals surface area contributed by atoms with Gasteiger partial charge in [-0.15, -0.1) is 0 Å². The highest BCUT2D eigenvalue weighted by Crippen LogP contribution is 2.26. The van der Waals surface area contributed by atoms with Crippen molar-refractivity contribution < 1.29 is 19.1 Å². The van der Waals surface area contributed by atoms with E-state index < -0.39 is 0 Å². The van der Waals surface area contributed by atoms with Crippen molar-refractivity contribution in [3.05, 3.63) is 94.5 Å². The van der Waals surface area contributed by atoms with Crippen molar-refractivity contribution in [2.24, 2.45) is 0 Å². The summed E-state index contributed by atoms with van der Waals surface area (Å²) in [6, 6.07) is 20.9. The van der Waals surface area contributed by atoms with E-state index >= 15 is 0 Å². The summed E-state index contributed by atoms with van der Waals surface area (Å²) < 4.78 is 10.9. The first-order valence-electron chi connectivity index (χ1n) is 8.88. The molecule has 0 fully saturated rings. The quantitative estimate of drug-likeness (QED) is 0.394. The Morgan fingerprint density at radius 2 is 1.46 bits per heavy atom. The molecule has 0 N–H and O–H groups in total. The Morgan fingerprint density at radius 3 is 2.11 bits per heavy atom. The number of ether oxygens (including phenoxy) is 2. The Labute approximate surface area is 168 Å². The number of esters is 1. The highest BCUT2D eigenvalue weighted by Gasteiger charge is 2.12. The van der Waals surface area contributed by atoms with Gasteiger partial charge in [0.15, 0.2) is 5.78 Å². The fraction of sp³-hybridized carbons (Fsp3) is 0.130. The number of hydrogen-bond acceptors (Lipinski definition) is 4. The lowest BCUT2D eigenvalue weighted by atomic mass is 10.0. The van der Waals surface area contributed by atoms with Gasteiger partial charge in [0, 0.05) is 21.7 Å². The van der Waals surface area contributed by atoms with Crippen LogP contribution in [0.15, 0.2) is 72.8 Å². The van der Waals surface area contributed by atoms with Gasteiger partial charge in [0.2, 0.25) is 0 Å². The zero-order valence-corrected chi connectivity index (χ0v) is 16.1. The van der Waals surface area contributed by atoms with Crippen LogP contribution in [0.5, 0.6) is 11.5 Å². The van der Waals surface area contributed by atoms with Gasteiger partial charge < -0.3 is 9.47 Å². The maximum atomic E-state index is 12.5. The van der Waals surface area contributed by atoms with Crippen LogP contribution in [0, 0.1) is 0 Å². The van der Waals surface area contributed by atoms with Crippen LogP contribution in [0.4, 0.5) is 0 Å². The van der Waals surface area contributed by atoms with Crippen LogP contribution in [0.1, 0.15) is 28.4 Å². The van der Waals surface area contributed by atoms with Crippen molar-refractivity contribution in [1.29, 1.82) is 0 Å². The molecule has 0 saturated heterocycles. The summed E-state index contributed by atoms with van der Waals surface area (Å²) in [5, 5.41) is 0.585. The average molecular weight is 395 g/mol. The van der Waals surface area contributed by atoms with Gasteiger partial charge in [-0.1, -0.05) is 29.8 Å². The van der Waals surface area contributed by atoms with Crippen molar-refractivity contribution in [3.8, 4) is 11.5 Å². The molecule has 142 valence electrons. The summed E-state index contributed by atoms with van der Waals surface area (Å²) in [6.45, 7) is 2.11. The molecule has 3 rings (SSSR count). The monoisotopic (exact) mass is 394 g/mol. The lowest BCUT2D eigenvalue weighted by Gasteiger charge is -2.11. The van der Waals surface area contributed by atoms with Crippen molar-refractivity contribution >= 4 is 23.4 Å². The maximum absolute atomic E-state index is 12.5. The molecule has 0 aromatic heterocycles. The Morgan fingerprint density at radius 1 is 0.857 bits per heavy atom. The smallest absolute Gasteiger partial charge is 0.310 e. The molecule has 0 aliphatic heterocycles. The first-order chi connectivity index (χ1) is 13.6. The normalized spacial score (nSPS) is 10.4. The largest absolute Gasteiger partial charge is 0.466 e. The first-order valence-corrected chi connectivity index (χ1v) is 9.26. The van der Waals surface area contributed by atoms with E-state index in [-0.39, 0.29) is 18.2 Å². The predicted octanol–water partition coefficient (Wildman–Crippen LogP) is 5.47. The number of ketones is 1. The minimum atomic E-state index is -0.303. The van der Waals surface area contributed by atoms with Crippen molar-refractivity contribution in [1.82, 2.24) is 0 Å². The Balaban J connectivity index is 1.73. The summed E-state index contributed by atoms with van der Waals surface area (Å²) >= 11 is 5.87. The lowest BCUT2D eigenvalue weighted by Crippen LogP contribution is -2.08. The highest BCUT2D eigenvalue weighted by molar-refractivity contribution is 6.30. The van der Waals surface area contributed by atoms with Crippen molar-refractivity contribution in [3.63, 3.8) is 0 Å². The molecule has 0 amide bonds. The van der Waals surface area contributed by atoms with Gasteiger partial charge in [-0.3, -0.25) is 9.59 Å². The van der Waals surface area contributed by atoms with E-state index in [9.17, 15) is 9.59 Å². The molecule has 3 aromatic rings. The molecule has 0 heterocycles. The van der Waals surface area contributed by atoms with Crippen LogP contribution < -0.4 is 4.74 Å². The second kappa shape index (κ2) is 9.20. The zero-order valence-electron chi connectivity index (χ0n) is 15.4. The molecule has 0 saturated carbocycles. The van der Waals surface area contributed by atoms with E-state index in [1.807, 2.05) is 18.2 Å². The molecule has 0 bridgehead atoms. The third kappa shape index (κ3) is 4.99. The van der Waals surface area contributed by atoms with Crippen LogP contribution in [0.2, 0.25) is 5.02 Å². The minimum absolute atomic E-state index is 0.0917. The number of carbonyl (C=O) groups is 2.